The predicted octanol–water partition coefficient (Wildman–Crippen LogP) is 6.08. The standard InChI is InChI=1S/C28H35Cl2FN2O3/c1-19-24(29)7-8-25(26(19)30)36-23-11-13-32(14-12-23)18-21-9-15-33(16-10-21)28(2,27(34)35)17-20-3-5-22(31)6-4-20/h3-8,21,23H,9-18H2,1-2H3,(H,34,35)/t28-/m0/s1. The van der Waals surface area contributed by atoms with Gasteiger partial charge in [0.15, 0.2) is 0 Å². The molecule has 196 valence electrons. The van der Waals surface area contributed by atoms with Crippen molar-refractivity contribution in [3.63, 3.8) is 0 Å². The number of nitrogens with zero attached hydrogens (tertiary/aromatic N) is 2. The summed E-state index contributed by atoms with van der Waals surface area (Å²) in [6, 6.07) is 9.82. The topological polar surface area (TPSA) is 53.0 Å². The van der Waals surface area contributed by atoms with E-state index < -0.39 is 11.5 Å². The highest BCUT2D eigenvalue weighted by atomic mass is 35.5. The summed E-state index contributed by atoms with van der Waals surface area (Å²) in [6.45, 7) is 8.18. The second kappa shape index (κ2) is 11.7. The van der Waals surface area contributed by atoms with Crippen molar-refractivity contribution in [3.05, 3.63) is 63.4 Å². The number of piperidine rings is 2. The van der Waals surface area contributed by atoms with Crippen molar-refractivity contribution in [2.45, 2.75) is 57.6 Å². The molecule has 2 aliphatic rings. The number of hydrogen-bond acceptors (Lipinski definition) is 4. The summed E-state index contributed by atoms with van der Waals surface area (Å²) in [5.74, 6) is 0.113. The Kier molecular flexibility index (Phi) is 8.82. The first-order chi connectivity index (χ1) is 17.2. The van der Waals surface area contributed by atoms with Crippen LogP contribution in [0, 0.1) is 18.7 Å². The summed E-state index contributed by atoms with van der Waals surface area (Å²) in [4.78, 5) is 16.9. The SMILES string of the molecule is Cc1c(Cl)ccc(OC2CCN(CC3CCN([C@@](C)(Cc4ccc(F)cc4)C(=O)O)CC3)CC2)c1Cl. The Balaban J connectivity index is 1.25. The number of ether oxygens (including phenoxy) is 1. The molecule has 0 radical (unpaired) electrons. The molecule has 0 aromatic heterocycles. The van der Waals surface area contributed by atoms with Gasteiger partial charge in [-0.05, 0) is 93.9 Å². The molecule has 0 aliphatic carbocycles. The van der Waals surface area contributed by atoms with Crippen LogP contribution in [0.1, 0.15) is 43.7 Å². The molecule has 2 aliphatic heterocycles. The lowest BCUT2D eigenvalue weighted by molar-refractivity contribution is -0.151. The van der Waals surface area contributed by atoms with Crippen LogP contribution < -0.4 is 4.74 Å². The normalized spacial score (nSPS) is 20.2. The number of hydrogen-bond donors (Lipinski definition) is 1. The minimum atomic E-state index is -1.00. The van der Waals surface area contributed by atoms with Gasteiger partial charge >= 0.3 is 5.97 Å². The Morgan fingerprint density at radius 3 is 2.31 bits per heavy atom. The van der Waals surface area contributed by atoms with Gasteiger partial charge in [-0.2, -0.15) is 0 Å². The van der Waals surface area contributed by atoms with Crippen LogP contribution >= 0.6 is 23.2 Å². The third kappa shape index (κ3) is 6.34. The Hall–Kier alpha value is -1.86. The molecule has 2 aromatic rings. The largest absolute Gasteiger partial charge is 0.489 e. The number of aliphatic carboxylic acids is 1. The molecule has 0 unspecified atom stereocenters. The highest BCUT2D eigenvalue weighted by molar-refractivity contribution is 6.36. The predicted molar refractivity (Wildman–Crippen MR) is 142 cm³/mol. The molecule has 1 N–H and O–H groups in total. The van der Waals surface area contributed by atoms with Gasteiger partial charge in [0.2, 0.25) is 0 Å². The Labute approximate surface area is 223 Å². The maximum atomic E-state index is 13.3. The van der Waals surface area contributed by atoms with Gasteiger partial charge in [-0.15, -0.1) is 0 Å². The van der Waals surface area contributed by atoms with E-state index in [9.17, 15) is 14.3 Å². The minimum absolute atomic E-state index is 0.143. The summed E-state index contributed by atoms with van der Waals surface area (Å²) in [5.41, 5.74) is 0.680. The third-order valence-electron chi connectivity index (χ3n) is 7.86. The number of halogens is 3. The van der Waals surface area contributed by atoms with E-state index in [1.807, 2.05) is 19.1 Å². The molecule has 0 amide bonds. The molecule has 5 nitrogen and oxygen atoms in total. The lowest BCUT2D eigenvalue weighted by atomic mass is 9.86. The Bertz CT molecular complexity index is 1050. The van der Waals surface area contributed by atoms with Crippen LogP contribution in [0.25, 0.3) is 0 Å². The van der Waals surface area contributed by atoms with Crippen molar-refractivity contribution in [3.8, 4) is 5.75 Å². The smallest absolute Gasteiger partial charge is 0.324 e. The fraction of sp³-hybridized carbons (Fsp3) is 0.536. The zero-order valence-corrected chi connectivity index (χ0v) is 22.5. The lowest BCUT2D eigenvalue weighted by Gasteiger charge is -2.43. The molecule has 2 heterocycles. The summed E-state index contributed by atoms with van der Waals surface area (Å²) in [7, 11) is 0. The van der Waals surface area contributed by atoms with Crippen LogP contribution in [0.15, 0.2) is 36.4 Å². The zero-order chi connectivity index (χ0) is 25.9. The van der Waals surface area contributed by atoms with Crippen LogP contribution in [-0.2, 0) is 11.2 Å². The van der Waals surface area contributed by atoms with E-state index in [0.29, 0.717) is 28.1 Å². The number of carboxylic acid groups (broad SMARTS) is 1. The van der Waals surface area contributed by atoms with Gasteiger partial charge in [0, 0.05) is 31.1 Å². The first-order valence-electron chi connectivity index (χ1n) is 12.7. The highest BCUT2D eigenvalue weighted by Gasteiger charge is 2.41. The van der Waals surface area contributed by atoms with Crippen molar-refractivity contribution in [1.82, 2.24) is 9.80 Å². The van der Waals surface area contributed by atoms with Crippen molar-refractivity contribution in [2.24, 2.45) is 5.92 Å². The van der Waals surface area contributed by atoms with Gasteiger partial charge in [0.05, 0.1) is 5.02 Å². The van der Waals surface area contributed by atoms with Crippen LogP contribution in [0.5, 0.6) is 5.75 Å². The fourth-order valence-electron chi connectivity index (χ4n) is 5.41. The van der Waals surface area contributed by atoms with Crippen molar-refractivity contribution < 1.29 is 19.0 Å². The monoisotopic (exact) mass is 536 g/mol. The first kappa shape index (κ1) is 27.2. The van der Waals surface area contributed by atoms with E-state index in [1.165, 1.54) is 12.1 Å². The number of carbonyl (C=O) groups is 1. The Morgan fingerprint density at radius 1 is 1.06 bits per heavy atom. The molecule has 0 bridgehead atoms. The van der Waals surface area contributed by atoms with E-state index in [1.54, 1.807) is 19.1 Å². The number of carboxylic acids is 1. The molecule has 2 fully saturated rings. The van der Waals surface area contributed by atoms with Gasteiger partial charge in [-0.3, -0.25) is 9.69 Å². The highest BCUT2D eigenvalue weighted by Crippen LogP contribution is 2.34. The molecule has 0 spiro atoms. The number of likely N-dealkylation sites (tertiary alicyclic amines) is 2. The lowest BCUT2D eigenvalue weighted by Crippen LogP contribution is -2.57. The van der Waals surface area contributed by atoms with Crippen molar-refractivity contribution >= 4 is 29.2 Å². The Morgan fingerprint density at radius 2 is 1.69 bits per heavy atom. The minimum Gasteiger partial charge on any atom is -0.489 e. The molecule has 36 heavy (non-hydrogen) atoms. The maximum Gasteiger partial charge on any atom is 0.324 e. The van der Waals surface area contributed by atoms with Crippen LogP contribution in [0.4, 0.5) is 4.39 Å². The molecule has 0 saturated carbocycles. The van der Waals surface area contributed by atoms with E-state index in [-0.39, 0.29) is 11.9 Å². The number of benzene rings is 2. The van der Waals surface area contributed by atoms with Crippen molar-refractivity contribution in [2.75, 3.05) is 32.7 Å². The molecule has 2 saturated heterocycles. The summed E-state index contributed by atoms with van der Waals surface area (Å²) >= 11 is 12.6. The van der Waals surface area contributed by atoms with Gasteiger partial charge < -0.3 is 14.7 Å². The van der Waals surface area contributed by atoms with Gasteiger partial charge in [-0.25, -0.2) is 4.39 Å². The van der Waals surface area contributed by atoms with Crippen LogP contribution in [-0.4, -0.2) is 65.2 Å². The van der Waals surface area contributed by atoms with E-state index in [2.05, 4.69) is 9.80 Å². The summed E-state index contributed by atoms with van der Waals surface area (Å²) < 4.78 is 19.5. The molecular formula is C28H35Cl2FN2O3. The van der Waals surface area contributed by atoms with Crippen LogP contribution in [0.2, 0.25) is 10.0 Å². The summed E-state index contributed by atoms with van der Waals surface area (Å²) in [5, 5.41) is 11.3. The summed E-state index contributed by atoms with van der Waals surface area (Å²) in [6.07, 6.45) is 4.35. The average Bonchev–Trinajstić information content (AvgIpc) is 2.87. The van der Waals surface area contributed by atoms with Crippen molar-refractivity contribution in [1.29, 1.82) is 0 Å². The first-order valence-corrected chi connectivity index (χ1v) is 13.5. The molecule has 8 heteroatoms. The molecule has 1 atom stereocenters. The fourth-order valence-corrected chi connectivity index (χ4v) is 5.83. The van der Waals surface area contributed by atoms with Crippen LogP contribution in [0.3, 0.4) is 0 Å². The zero-order valence-electron chi connectivity index (χ0n) is 21.0. The van der Waals surface area contributed by atoms with E-state index >= 15 is 0 Å². The molecular weight excluding hydrogens is 502 g/mol. The van der Waals surface area contributed by atoms with Gasteiger partial charge in [0.25, 0.3) is 0 Å². The van der Waals surface area contributed by atoms with E-state index in [4.69, 9.17) is 27.9 Å². The van der Waals surface area contributed by atoms with Gasteiger partial charge in [0.1, 0.15) is 23.2 Å². The maximum absolute atomic E-state index is 13.3. The van der Waals surface area contributed by atoms with E-state index in [0.717, 1.165) is 69.5 Å². The average molecular weight is 538 g/mol. The molecule has 2 aromatic carbocycles. The quantitative estimate of drug-likeness (QED) is 0.442. The van der Waals surface area contributed by atoms with Gasteiger partial charge in [-0.1, -0.05) is 35.3 Å². The second-order valence-electron chi connectivity index (χ2n) is 10.4. The second-order valence-corrected chi connectivity index (χ2v) is 11.2. The molecule has 4 rings (SSSR count). The number of rotatable bonds is 8. The third-order valence-corrected chi connectivity index (χ3v) is 8.74.